The van der Waals surface area contributed by atoms with Crippen molar-refractivity contribution in [2.75, 3.05) is 5.32 Å². The monoisotopic (exact) mass is 354 g/mol. The summed E-state index contributed by atoms with van der Waals surface area (Å²) in [5, 5.41) is 4.56. The number of aromatic nitrogens is 1. The van der Waals surface area contributed by atoms with Crippen LogP contribution < -0.4 is 5.32 Å². The summed E-state index contributed by atoms with van der Waals surface area (Å²) in [6, 6.07) is 15.4. The minimum Gasteiger partial charge on any atom is -0.362 e. The summed E-state index contributed by atoms with van der Waals surface area (Å²) in [7, 11) is 0. The fourth-order valence-corrected chi connectivity index (χ4v) is 3.03. The molecule has 0 bridgehead atoms. The van der Waals surface area contributed by atoms with Crippen molar-refractivity contribution in [1.29, 1.82) is 0 Å². The molecule has 0 fully saturated rings. The first-order valence-corrected chi connectivity index (χ1v) is 8.57. The number of carbonyl (C=O) groups is 1. The van der Waals surface area contributed by atoms with Crippen molar-refractivity contribution in [1.82, 2.24) is 4.98 Å². The number of thiazole rings is 1. The summed E-state index contributed by atoms with van der Waals surface area (Å²) < 4.78 is 0. The van der Waals surface area contributed by atoms with Crippen LogP contribution in [0.4, 0.5) is 5.69 Å². The molecular weight excluding hydrogens is 340 g/mol. The molecule has 24 heavy (non-hydrogen) atoms. The van der Waals surface area contributed by atoms with E-state index in [9.17, 15) is 4.79 Å². The number of hydrogen-bond donors (Lipinski definition) is 1. The molecule has 0 aliphatic rings. The lowest BCUT2D eigenvalue weighted by Gasteiger charge is -2.00. The van der Waals surface area contributed by atoms with E-state index in [4.69, 9.17) is 11.6 Å². The quantitative estimate of drug-likeness (QED) is 0.480. The van der Waals surface area contributed by atoms with Gasteiger partial charge in [0.25, 0.3) is 0 Å². The van der Waals surface area contributed by atoms with E-state index in [-0.39, 0.29) is 5.78 Å². The van der Waals surface area contributed by atoms with E-state index in [1.165, 1.54) is 23.0 Å². The topological polar surface area (TPSA) is 42.0 Å². The maximum absolute atomic E-state index is 12.2. The van der Waals surface area contributed by atoms with Crippen LogP contribution in [-0.4, -0.2) is 10.8 Å². The standard InChI is InChI=1S/C19H15ClN2OS/c1-13-2-8-16(9-3-13)21-11-10-17(23)18-12-22-19(24-18)14-4-6-15(20)7-5-14/h2-12,21H,1H3. The van der Waals surface area contributed by atoms with Crippen LogP contribution in [0.5, 0.6) is 0 Å². The first-order chi connectivity index (χ1) is 11.6. The molecule has 3 rings (SSSR count). The molecule has 0 radical (unpaired) electrons. The SMILES string of the molecule is Cc1ccc(NC=CC(=O)c2cnc(-c3ccc(Cl)cc3)s2)cc1. The highest BCUT2D eigenvalue weighted by Crippen LogP contribution is 2.26. The lowest BCUT2D eigenvalue weighted by atomic mass is 10.2. The van der Waals surface area contributed by atoms with Gasteiger partial charge in [0.2, 0.25) is 0 Å². The van der Waals surface area contributed by atoms with E-state index < -0.39 is 0 Å². The van der Waals surface area contributed by atoms with Crippen LogP contribution in [0.3, 0.4) is 0 Å². The first kappa shape index (κ1) is 16.4. The van der Waals surface area contributed by atoms with Gasteiger partial charge in [0.05, 0.1) is 4.88 Å². The third-order valence-electron chi connectivity index (χ3n) is 3.38. The van der Waals surface area contributed by atoms with Crippen molar-refractivity contribution in [2.24, 2.45) is 0 Å². The second-order valence-corrected chi connectivity index (χ2v) is 6.71. The molecule has 1 N–H and O–H groups in total. The zero-order valence-electron chi connectivity index (χ0n) is 13.0. The highest BCUT2D eigenvalue weighted by atomic mass is 35.5. The number of nitrogens with zero attached hydrogens (tertiary/aromatic N) is 1. The maximum Gasteiger partial charge on any atom is 0.198 e. The van der Waals surface area contributed by atoms with E-state index in [1.54, 1.807) is 12.4 Å². The Balaban J connectivity index is 1.66. The number of carbonyl (C=O) groups excluding carboxylic acids is 1. The van der Waals surface area contributed by atoms with Crippen molar-refractivity contribution < 1.29 is 4.79 Å². The van der Waals surface area contributed by atoms with E-state index in [1.807, 2.05) is 55.5 Å². The third kappa shape index (κ3) is 4.10. The largest absolute Gasteiger partial charge is 0.362 e. The van der Waals surface area contributed by atoms with Crippen LogP contribution >= 0.6 is 22.9 Å². The molecule has 2 aromatic carbocycles. The van der Waals surface area contributed by atoms with Gasteiger partial charge in [-0.1, -0.05) is 41.4 Å². The van der Waals surface area contributed by atoms with Gasteiger partial charge in [-0.25, -0.2) is 4.98 Å². The molecule has 0 aliphatic heterocycles. The Morgan fingerprint density at radius 2 is 1.83 bits per heavy atom. The second kappa shape index (κ2) is 7.43. The van der Waals surface area contributed by atoms with Gasteiger partial charge in [0.1, 0.15) is 5.01 Å². The van der Waals surface area contributed by atoms with Gasteiger partial charge in [0.15, 0.2) is 5.78 Å². The molecule has 120 valence electrons. The normalized spacial score (nSPS) is 10.9. The number of rotatable bonds is 5. The number of benzene rings is 2. The van der Waals surface area contributed by atoms with Crippen molar-refractivity contribution in [2.45, 2.75) is 6.92 Å². The summed E-state index contributed by atoms with van der Waals surface area (Å²) in [5.74, 6) is -0.0766. The Kier molecular flexibility index (Phi) is 5.08. The summed E-state index contributed by atoms with van der Waals surface area (Å²) in [4.78, 5) is 17.1. The molecule has 3 aromatic rings. The summed E-state index contributed by atoms with van der Waals surface area (Å²) in [6.07, 6.45) is 4.76. The van der Waals surface area contributed by atoms with E-state index >= 15 is 0 Å². The Hall–Kier alpha value is -2.43. The van der Waals surface area contributed by atoms with Crippen LogP contribution in [0.1, 0.15) is 15.2 Å². The average Bonchev–Trinajstić information content (AvgIpc) is 3.07. The van der Waals surface area contributed by atoms with Gasteiger partial charge in [-0.3, -0.25) is 4.79 Å². The Labute approximate surface area is 149 Å². The van der Waals surface area contributed by atoms with Gasteiger partial charge in [-0.2, -0.15) is 0 Å². The van der Waals surface area contributed by atoms with Crippen molar-refractivity contribution >= 4 is 34.4 Å². The molecule has 0 atom stereocenters. The molecule has 0 saturated heterocycles. The lowest BCUT2D eigenvalue weighted by Crippen LogP contribution is -1.93. The number of aryl methyl sites for hydroxylation is 1. The number of ketones is 1. The molecule has 0 unspecified atom stereocenters. The Morgan fingerprint density at radius 1 is 1.12 bits per heavy atom. The van der Waals surface area contributed by atoms with Crippen molar-refractivity contribution in [3.63, 3.8) is 0 Å². The fourth-order valence-electron chi connectivity index (χ4n) is 2.06. The minimum absolute atomic E-state index is 0.0766. The third-order valence-corrected chi connectivity index (χ3v) is 4.69. The number of halogens is 1. The molecule has 1 heterocycles. The maximum atomic E-state index is 12.2. The molecule has 5 heteroatoms. The summed E-state index contributed by atoms with van der Waals surface area (Å²) in [6.45, 7) is 2.03. The van der Waals surface area contributed by atoms with Crippen LogP contribution in [0.2, 0.25) is 5.02 Å². The fraction of sp³-hybridized carbons (Fsp3) is 0.0526. The smallest absolute Gasteiger partial charge is 0.198 e. The molecule has 1 aromatic heterocycles. The number of anilines is 1. The number of nitrogens with one attached hydrogen (secondary N) is 1. The van der Waals surface area contributed by atoms with Crippen LogP contribution in [0, 0.1) is 6.92 Å². The van der Waals surface area contributed by atoms with Gasteiger partial charge >= 0.3 is 0 Å². The van der Waals surface area contributed by atoms with Gasteiger partial charge in [0, 0.05) is 34.7 Å². The van der Waals surface area contributed by atoms with Gasteiger partial charge in [-0.05, 0) is 31.2 Å². The van der Waals surface area contributed by atoms with E-state index in [0.717, 1.165) is 16.3 Å². The second-order valence-electron chi connectivity index (χ2n) is 5.24. The van der Waals surface area contributed by atoms with E-state index in [2.05, 4.69) is 10.3 Å². The predicted molar refractivity (Wildman–Crippen MR) is 101 cm³/mol. The number of allylic oxidation sites excluding steroid dienone is 1. The molecule has 0 spiro atoms. The summed E-state index contributed by atoms with van der Waals surface area (Å²) in [5.41, 5.74) is 3.08. The highest BCUT2D eigenvalue weighted by Gasteiger charge is 2.09. The van der Waals surface area contributed by atoms with Crippen LogP contribution in [-0.2, 0) is 0 Å². The predicted octanol–water partition coefficient (Wildman–Crippen LogP) is 5.58. The van der Waals surface area contributed by atoms with E-state index in [0.29, 0.717) is 9.90 Å². The average molecular weight is 355 g/mol. The van der Waals surface area contributed by atoms with Gasteiger partial charge in [-0.15, -0.1) is 11.3 Å². The first-order valence-electron chi connectivity index (χ1n) is 7.38. The summed E-state index contributed by atoms with van der Waals surface area (Å²) >= 11 is 7.25. The molecule has 3 nitrogen and oxygen atoms in total. The van der Waals surface area contributed by atoms with Crippen LogP contribution in [0.15, 0.2) is 67.0 Å². The Morgan fingerprint density at radius 3 is 2.54 bits per heavy atom. The highest BCUT2D eigenvalue weighted by molar-refractivity contribution is 7.17. The van der Waals surface area contributed by atoms with Crippen molar-refractivity contribution in [3.05, 3.63) is 82.5 Å². The van der Waals surface area contributed by atoms with Crippen LogP contribution in [0.25, 0.3) is 10.6 Å². The van der Waals surface area contributed by atoms with Crippen molar-refractivity contribution in [3.8, 4) is 10.6 Å². The molecule has 0 amide bonds. The minimum atomic E-state index is -0.0766. The number of hydrogen-bond acceptors (Lipinski definition) is 4. The molecule has 0 aliphatic carbocycles. The lowest BCUT2D eigenvalue weighted by molar-refractivity contribution is 0.105. The zero-order chi connectivity index (χ0) is 16.9. The molecule has 0 saturated carbocycles. The zero-order valence-corrected chi connectivity index (χ0v) is 14.6. The van der Waals surface area contributed by atoms with Gasteiger partial charge < -0.3 is 5.32 Å². The Bertz CT molecular complexity index is 867. The molecular formula is C19H15ClN2OS.